The van der Waals surface area contributed by atoms with E-state index in [4.69, 9.17) is 28.1 Å². The highest BCUT2D eigenvalue weighted by Crippen LogP contribution is 2.50. The zero-order chi connectivity index (χ0) is 27.3. The molecule has 3 heterocycles. The van der Waals surface area contributed by atoms with Crippen LogP contribution in [0.4, 0.5) is 4.79 Å². The molecule has 2 aliphatic rings. The summed E-state index contributed by atoms with van der Waals surface area (Å²) in [6.45, 7) is 20.5. The van der Waals surface area contributed by atoms with Gasteiger partial charge in [0.25, 0.3) is 0 Å². The van der Waals surface area contributed by atoms with Gasteiger partial charge in [-0.05, 0) is 52.8 Å². The van der Waals surface area contributed by atoms with Crippen LogP contribution in [0.5, 0.6) is 11.9 Å². The standard InChI is InChI=1S/C25H43N3O7Si/c1-23(2,3)35-22(29)28-16(14-32-36(11,12)24(4,5)6)18-19(34-25(7,8)33-18)17(28)15-13-26-21(31-10)27-20(15)30-9/h13,16-19H,14H2,1-12H3/t16-,17-,18-,19+/m1/s1. The summed E-state index contributed by atoms with van der Waals surface area (Å²) < 4.78 is 36.0. The smallest absolute Gasteiger partial charge is 0.411 e. The Hall–Kier alpha value is -1.95. The van der Waals surface area contributed by atoms with Gasteiger partial charge in [-0.3, -0.25) is 4.90 Å². The quantitative estimate of drug-likeness (QED) is 0.489. The van der Waals surface area contributed by atoms with Crippen LogP contribution in [-0.4, -0.2) is 79.7 Å². The van der Waals surface area contributed by atoms with Crippen LogP contribution in [0, 0.1) is 0 Å². The topological polar surface area (TPSA) is 101 Å². The molecule has 0 aliphatic carbocycles. The van der Waals surface area contributed by atoms with Crippen LogP contribution in [0.15, 0.2) is 6.20 Å². The lowest BCUT2D eigenvalue weighted by molar-refractivity contribution is -0.168. The van der Waals surface area contributed by atoms with Crippen molar-refractivity contribution < 1.29 is 32.9 Å². The highest BCUT2D eigenvalue weighted by molar-refractivity contribution is 6.74. The zero-order valence-corrected chi connectivity index (χ0v) is 24.8. The van der Waals surface area contributed by atoms with Gasteiger partial charge >= 0.3 is 12.1 Å². The van der Waals surface area contributed by atoms with E-state index in [9.17, 15) is 4.79 Å². The number of carbonyl (C=O) groups excluding carboxylic acids is 1. The van der Waals surface area contributed by atoms with Crippen molar-refractivity contribution in [2.24, 2.45) is 0 Å². The highest BCUT2D eigenvalue weighted by Gasteiger charge is 2.61. The van der Waals surface area contributed by atoms with Crippen molar-refractivity contribution in [1.82, 2.24) is 14.9 Å². The summed E-state index contributed by atoms with van der Waals surface area (Å²) in [4.78, 5) is 24.1. The molecular weight excluding hydrogens is 482 g/mol. The van der Waals surface area contributed by atoms with E-state index in [0.29, 0.717) is 11.4 Å². The summed E-state index contributed by atoms with van der Waals surface area (Å²) in [7, 11) is 0.865. The second-order valence-corrected chi connectivity index (χ2v) is 17.2. The van der Waals surface area contributed by atoms with E-state index in [1.54, 1.807) is 11.1 Å². The van der Waals surface area contributed by atoms with Gasteiger partial charge in [-0.2, -0.15) is 4.98 Å². The van der Waals surface area contributed by atoms with Crippen LogP contribution in [0.25, 0.3) is 0 Å². The molecule has 4 atom stereocenters. The van der Waals surface area contributed by atoms with Crippen LogP contribution >= 0.6 is 0 Å². The molecule has 10 nitrogen and oxygen atoms in total. The number of hydrogen-bond acceptors (Lipinski definition) is 9. The third-order valence-electron chi connectivity index (χ3n) is 6.99. The lowest BCUT2D eigenvalue weighted by Crippen LogP contribution is -2.50. The van der Waals surface area contributed by atoms with Gasteiger partial charge in [0.15, 0.2) is 14.1 Å². The average Bonchev–Trinajstić information content (AvgIpc) is 3.19. The number of fused-ring (bicyclic) bond motifs is 1. The van der Waals surface area contributed by atoms with Gasteiger partial charge in [0.05, 0.1) is 38.5 Å². The molecule has 11 heteroatoms. The van der Waals surface area contributed by atoms with Crippen LogP contribution in [0.1, 0.15) is 67.0 Å². The predicted octanol–water partition coefficient (Wildman–Crippen LogP) is 4.70. The fourth-order valence-corrected chi connectivity index (χ4v) is 5.30. The fourth-order valence-electron chi connectivity index (χ4n) is 4.28. The molecule has 0 aromatic carbocycles. The maximum absolute atomic E-state index is 13.7. The van der Waals surface area contributed by atoms with Crippen molar-refractivity contribution in [3.05, 3.63) is 11.8 Å². The van der Waals surface area contributed by atoms with Gasteiger partial charge in [0.2, 0.25) is 5.88 Å². The van der Waals surface area contributed by atoms with Crippen LogP contribution in [0.3, 0.4) is 0 Å². The van der Waals surface area contributed by atoms with E-state index in [-0.39, 0.29) is 17.7 Å². The second kappa shape index (κ2) is 9.73. The van der Waals surface area contributed by atoms with E-state index in [0.717, 1.165) is 0 Å². The Bertz CT molecular complexity index is 958. The first-order chi connectivity index (χ1) is 16.4. The average molecular weight is 526 g/mol. The molecule has 1 aromatic heterocycles. The van der Waals surface area contributed by atoms with Crippen molar-refractivity contribution >= 4 is 14.4 Å². The van der Waals surface area contributed by atoms with Gasteiger partial charge in [-0.15, -0.1) is 0 Å². The highest BCUT2D eigenvalue weighted by atomic mass is 28.4. The maximum Gasteiger partial charge on any atom is 0.411 e. The number of ether oxygens (including phenoxy) is 5. The van der Waals surface area contributed by atoms with Crippen LogP contribution in [0.2, 0.25) is 18.1 Å². The second-order valence-electron chi connectivity index (χ2n) is 12.4. The maximum atomic E-state index is 13.7. The van der Waals surface area contributed by atoms with Gasteiger partial charge in [-0.25, -0.2) is 9.78 Å². The lowest BCUT2D eigenvalue weighted by Gasteiger charge is -2.40. The Kier molecular flexibility index (Phi) is 7.74. The van der Waals surface area contributed by atoms with E-state index >= 15 is 0 Å². The normalized spacial score (nSPS) is 26.1. The molecule has 0 saturated carbocycles. The molecule has 204 valence electrons. The summed E-state index contributed by atoms with van der Waals surface area (Å²) in [5.74, 6) is -0.554. The third kappa shape index (κ3) is 5.79. The van der Waals surface area contributed by atoms with Crippen molar-refractivity contribution in [2.75, 3.05) is 20.8 Å². The molecule has 1 amide bonds. The number of hydrogen-bond donors (Lipinski definition) is 0. The first kappa shape index (κ1) is 28.6. The molecule has 0 radical (unpaired) electrons. The molecule has 36 heavy (non-hydrogen) atoms. The predicted molar refractivity (Wildman–Crippen MR) is 137 cm³/mol. The summed E-state index contributed by atoms with van der Waals surface area (Å²) >= 11 is 0. The number of carbonyl (C=O) groups is 1. The van der Waals surface area contributed by atoms with Crippen molar-refractivity contribution in [1.29, 1.82) is 0 Å². The molecule has 2 saturated heterocycles. The number of amides is 1. The van der Waals surface area contributed by atoms with Crippen LogP contribution < -0.4 is 9.47 Å². The zero-order valence-electron chi connectivity index (χ0n) is 23.8. The molecule has 2 fully saturated rings. The minimum absolute atomic E-state index is 0.000499. The number of likely N-dealkylation sites (tertiary alicyclic amines) is 1. The first-order valence-corrected chi connectivity index (χ1v) is 15.3. The summed E-state index contributed by atoms with van der Waals surface area (Å²) in [5, 5.41) is 0.000499. The molecular formula is C25H43N3O7Si. The molecule has 1 aromatic rings. The van der Waals surface area contributed by atoms with Gasteiger partial charge < -0.3 is 28.1 Å². The van der Waals surface area contributed by atoms with E-state index < -0.39 is 50.1 Å². The van der Waals surface area contributed by atoms with Crippen molar-refractivity contribution in [2.45, 2.75) is 109 Å². The Morgan fingerprint density at radius 3 is 2.22 bits per heavy atom. The van der Waals surface area contributed by atoms with Crippen molar-refractivity contribution in [3.8, 4) is 11.9 Å². The number of aromatic nitrogens is 2. The monoisotopic (exact) mass is 525 g/mol. The first-order valence-electron chi connectivity index (χ1n) is 12.4. The Morgan fingerprint density at radius 2 is 1.69 bits per heavy atom. The Labute approximate surface area is 216 Å². The number of rotatable bonds is 6. The Balaban J connectivity index is 2.11. The number of nitrogens with zero attached hydrogens (tertiary/aromatic N) is 3. The molecule has 3 rings (SSSR count). The van der Waals surface area contributed by atoms with Gasteiger partial charge in [0.1, 0.15) is 17.8 Å². The van der Waals surface area contributed by atoms with Crippen molar-refractivity contribution in [3.63, 3.8) is 0 Å². The summed E-state index contributed by atoms with van der Waals surface area (Å²) in [6, 6.07) is -0.922. The largest absolute Gasteiger partial charge is 0.481 e. The molecule has 0 N–H and O–H groups in total. The minimum atomic E-state index is -2.14. The van der Waals surface area contributed by atoms with Gasteiger partial charge in [-0.1, -0.05) is 20.8 Å². The minimum Gasteiger partial charge on any atom is -0.481 e. The molecule has 0 unspecified atom stereocenters. The summed E-state index contributed by atoms with van der Waals surface area (Å²) in [6.07, 6.45) is 0.157. The fraction of sp³-hybridized carbons (Fsp3) is 0.800. The van der Waals surface area contributed by atoms with E-state index in [1.165, 1.54) is 14.2 Å². The van der Waals surface area contributed by atoms with Crippen LogP contribution in [-0.2, 0) is 18.6 Å². The summed E-state index contributed by atoms with van der Waals surface area (Å²) in [5.41, 5.74) is -0.124. The number of methoxy groups -OCH3 is 2. The third-order valence-corrected chi connectivity index (χ3v) is 11.5. The Morgan fingerprint density at radius 1 is 1.08 bits per heavy atom. The van der Waals surface area contributed by atoms with Gasteiger partial charge in [0, 0.05) is 6.20 Å². The lowest BCUT2D eigenvalue weighted by atomic mass is 10.0. The molecule has 0 bridgehead atoms. The van der Waals surface area contributed by atoms with E-state index in [1.807, 2.05) is 34.6 Å². The molecule has 0 spiro atoms. The molecule has 2 aliphatic heterocycles. The SMILES string of the molecule is COc1ncc([C@@H]2[C@@H]3OC(C)(C)O[C@@H]3[C@@H](CO[Si](C)(C)C(C)(C)C)N2C(=O)OC(C)(C)C)c(OC)n1. The van der Waals surface area contributed by atoms with E-state index in [2.05, 4.69) is 43.8 Å².